The fourth-order valence-corrected chi connectivity index (χ4v) is 2.56. The van der Waals surface area contributed by atoms with Crippen molar-refractivity contribution in [1.82, 2.24) is 0 Å². The van der Waals surface area contributed by atoms with Crippen molar-refractivity contribution in [1.29, 1.82) is 0 Å². The van der Waals surface area contributed by atoms with Crippen LogP contribution in [0.2, 0.25) is 0 Å². The third-order valence-corrected chi connectivity index (χ3v) is 3.49. The first kappa shape index (κ1) is 10.1. The van der Waals surface area contributed by atoms with Crippen LogP contribution in [0, 0.1) is 5.92 Å². The second-order valence-electron chi connectivity index (χ2n) is 4.66. The van der Waals surface area contributed by atoms with Crippen molar-refractivity contribution in [3.8, 4) is 0 Å². The molecule has 1 nitrogen and oxygen atoms in total. The molecule has 0 unspecified atom stereocenters. The molecule has 0 spiro atoms. The van der Waals surface area contributed by atoms with E-state index >= 15 is 0 Å². The number of hydrogen-bond acceptors (Lipinski definition) is 1. The van der Waals surface area contributed by atoms with Crippen molar-refractivity contribution in [3.63, 3.8) is 0 Å². The van der Waals surface area contributed by atoms with E-state index in [2.05, 4.69) is 4.99 Å². The number of hydrogen-bond donors (Lipinski definition) is 0. The van der Waals surface area contributed by atoms with Gasteiger partial charge in [-0.3, -0.25) is 4.99 Å². The number of alkyl halides is 2. The normalized spacial score (nSPS) is 33.1. The molecule has 0 bridgehead atoms. The number of nitrogens with zero attached hydrogens (tertiary/aromatic N) is 1. The Morgan fingerprint density at radius 2 is 1.86 bits per heavy atom. The quantitative estimate of drug-likeness (QED) is 0.616. The molecule has 14 heavy (non-hydrogen) atoms. The van der Waals surface area contributed by atoms with Crippen molar-refractivity contribution in [2.75, 3.05) is 0 Å². The molecule has 0 aromatic heterocycles. The van der Waals surface area contributed by atoms with Crippen molar-refractivity contribution in [2.45, 2.75) is 57.4 Å². The average molecular weight is 201 g/mol. The highest BCUT2D eigenvalue weighted by Crippen LogP contribution is 2.39. The van der Waals surface area contributed by atoms with Crippen LogP contribution >= 0.6 is 0 Å². The van der Waals surface area contributed by atoms with Crippen LogP contribution in [0.15, 0.2) is 4.99 Å². The molecule has 1 saturated carbocycles. The predicted molar refractivity (Wildman–Crippen MR) is 53.0 cm³/mol. The maximum Gasteiger partial charge on any atom is 0.248 e. The summed E-state index contributed by atoms with van der Waals surface area (Å²) >= 11 is 0. The van der Waals surface area contributed by atoms with E-state index in [1.165, 1.54) is 5.71 Å². The van der Waals surface area contributed by atoms with Gasteiger partial charge in [-0.15, -0.1) is 0 Å². The molecule has 0 radical (unpaired) electrons. The van der Waals surface area contributed by atoms with Crippen LogP contribution in [0.1, 0.15) is 45.4 Å². The summed E-state index contributed by atoms with van der Waals surface area (Å²) in [6.07, 6.45) is 3.62. The van der Waals surface area contributed by atoms with Crippen LogP contribution < -0.4 is 0 Å². The number of rotatable bonds is 1. The van der Waals surface area contributed by atoms with Crippen molar-refractivity contribution in [3.05, 3.63) is 0 Å². The van der Waals surface area contributed by atoms with Gasteiger partial charge in [0.25, 0.3) is 0 Å². The second-order valence-corrected chi connectivity index (χ2v) is 4.66. The molecule has 0 amide bonds. The summed E-state index contributed by atoms with van der Waals surface area (Å²) in [5.41, 5.74) is 1.20. The van der Waals surface area contributed by atoms with E-state index in [9.17, 15) is 8.78 Å². The molecule has 2 aliphatic rings. The Labute approximate surface area is 83.6 Å². The smallest absolute Gasteiger partial charge is 0.248 e. The lowest BCUT2D eigenvalue weighted by molar-refractivity contribution is -0.0480. The summed E-state index contributed by atoms with van der Waals surface area (Å²) in [6.45, 7) is 2.04. The van der Waals surface area contributed by atoms with Crippen LogP contribution in [0.4, 0.5) is 8.78 Å². The zero-order chi connectivity index (χ0) is 10.2. The van der Waals surface area contributed by atoms with Gasteiger partial charge in [0.1, 0.15) is 0 Å². The molecule has 0 saturated heterocycles. The lowest BCUT2D eigenvalue weighted by atomic mass is 9.81. The lowest BCUT2D eigenvalue weighted by Crippen LogP contribution is -2.29. The van der Waals surface area contributed by atoms with E-state index < -0.39 is 5.92 Å². The van der Waals surface area contributed by atoms with Crippen molar-refractivity contribution < 1.29 is 8.78 Å². The first-order valence-corrected chi connectivity index (χ1v) is 5.48. The van der Waals surface area contributed by atoms with Gasteiger partial charge in [-0.05, 0) is 38.5 Å². The molecule has 80 valence electrons. The fraction of sp³-hybridized carbons (Fsp3) is 0.909. The predicted octanol–water partition coefficient (Wildman–Crippen LogP) is 3.44. The molecule has 1 heterocycles. The summed E-state index contributed by atoms with van der Waals surface area (Å²) in [5.74, 6) is -1.97. The highest BCUT2D eigenvalue weighted by atomic mass is 19.3. The highest BCUT2D eigenvalue weighted by Gasteiger charge is 2.38. The maximum absolute atomic E-state index is 12.9. The molecule has 2 rings (SSSR count). The van der Waals surface area contributed by atoms with Gasteiger partial charge in [0.15, 0.2) is 0 Å². The molecular formula is C11H17F2N. The van der Waals surface area contributed by atoms with Gasteiger partial charge in [-0.2, -0.15) is 0 Å². The van der Waals surface area contributed by atoms with Gasteiger partial charge in [-0.25, -0.2) is 8.78 Å². The van der Waals surface area contributed by atoms with E-state index in [0.717, 1.165) is 12.8 Å². The molecule has 0 aromatic carbocycles. The molecule has 1 atom stereocenters. The van der Waals surface area contributed by atoms with Crippen LogP contribution in [0.25, 0.3) is 0 Å². The van der Waals surface area contributed by atoms with Crippen molar-refractivity contribution in [2.24, 2.45) is 10.9 Å². The van der Waals surface area contributed by atoms with Crippen LogP contribution in [-0.4, -0.2) is 17.7 Å². The monoisotopic (exact) mass is 201 g/mol. The Balaban J connectivity index is 1.90. The number of aliphatic imine (C=N–C) groups is 1. The van der Waals surface area contributed by atoms with Gasteiger partial charge in [0, 0.05) is 18.6 Å². The Kier molecular flexibility index (Phi) is 2.58. The molecule has 0 aromatic rings. The van der Waals surface area contributed by atoms with Crippen LogP contribution in [0.3, 0.4) is 0 Å². The van der Waals surface area contributed by atoms with Gasteiger partial charge >= 0.3 is 0 Å². The zero-order valence-corrected chi connectivity index (χ0v) is 8.60. The molecule has 1 aliphatic heterocycles. The lowest BCUT2D eigenvalue weighted by Gasteiger charge is -2.30. The van der Waals surface area contributed by atoms with E-state index in [4.69, 9.17) is 0 Å². The van der Waals surface area contributed by atoms with E-state index in [1.807, 2.05) is 6.92 Å². The zero-order valence-electron chi connectivity index (χ0n) is 8.60. The fourth-order valence-electron chi connectivity index (χ4n) is 2.56. The molecular weight excluding hydrogens is 184 g/mol. The molecule has 0 N–H and O–H groups in total. The summed E-state index contributed by atoms with van der Waals surface area (Å²) < 4.78 is 25.8. The van der Waals surface area contributed by atoms with Crippen LogP contribution in [-0.2, 0) is 0 Å². The van der Waals surface area contributed by atoms with Crippen molar-refractivity contribution >= 4 is 5.71 Å². The standard InChI is InChI=1S/C11H17F2N/c1-8-2-3-10(14-8)9-4-6-11(12,13)7-5-9/h9-10H,2-7H2,1H3/t10-/m0/s1. The van der Waals surface area contributed by atoms with Gasteiger partial charge in [0.2, 0.25) is 5.92 Å². The molecule has 3 heteroatoms. The van der Waals surface area contributed by atoms with Gasteiger partial charge in [0.05, 0.1) is 6.04 Å². The first-order chi connectivity index (χ1) is 6.57. The Morgan fingerprint density at radius 3 is 2.36 bits per heavy atom. The largest absolute Gasteiger partial charge is 0.291 e. The Bertz CT molecular complexity index is 238. The minimum absolute atomic E-state index is 0.0722. The average Bonchev–Trinajstić information content (AvgIpc) is 2.52. The molecule has 1 aliphatic carbocycles. The maximum atomic E-state index is 12.9. The van der Waals surface area contributed by atoms with E-state index in [0.29, 0.717) is 24.8 Å². The van der Waals surface area contributed by atoms with Gasteiger partial charge in [-0.1, -0.05) is 0 Å². The SMILES string of the molecule is CC1=N[C@H](C2CCC(F)(F)CC2)CC1. The Morgan fingerprint density at radius 1 is 1.21 bits per heavy atom. The first-order valence-electron chi connectivity index (χ1n) is 5.48. The summed E-state index contributed by atoms with van der Waals surface area (Å²) in [6, 6.07) is 0.353. The molecule has 1 fully saturated rings. The third-order valence-electron chi connectivity index (χ3n) is 3.49. The minimum Gasteiger partial charge on any atom is -0.291 e. The van der Waals surface area contributed by atoms with Crippen LogP contribution in [0.5, 0.6) is 0 Å². The second kappa shape index (κ2) is 3.59. The summed E-state index contributed by atoms with van der Waals surface area (Å²) in [7, 11) is 0. The summed E-state index contributed by atoms with van der Waals surface area (Å²) in [4.78, 5) is 4.53. The summed E-state index contributed by atoms with van der Waals surface area (Å²) in [5, 5.41) is 0. The number of halogens is 2. The Hall–Kier alpha value is -0.470. The highest BCUT2D eigenvalue weighted by molar-refractivity contribution is 5.83. The topological polar surface area (TPSA) is 12.4 Å². The van der Waals surface area contributed by atoms with E-state index in [1.54, 1.807) is 0 Å². The van der Waals surface area contributed by atoms with E-state index in [-0.39, 0.29) is 12.8 Å². The van der Waals surface area contributed by atoms with Gasteiger partial charge < -0.3 is 0 Å². The minimum atomic E-state index is -2.39. The third kappa shape index (κ3) is 2.12.